The molecule has 2 aromatic heterocycles. The van der Waals surface area contributed by atoms with Crippen LogP contribution in [0.1, 0.15) is 10.4 Å². The number of aromatic amines is 1. The molecule has 0 saturated carbocycles. The molecule has 0 bridgehead atoms. The van der Waals surface area contributed by atoms with E-state index in [1.807, 2.05) is 30.3 Å². The van der Waals surface area contributed by atoms with E-state index in [0.29, 0.717) is 17.1 Å². The lowest BCUT2D eigenvalue weighted by atomic mass is 10.2. The van der Waals surface area contributed by atoms with Crippen LogP contribution in [0.3, 0.4) is 0 Å². The van der Waals surface area contributed by atoms with Crippen LogP contribution in [-0.2, 0) is 0 Å². The van der Waals surface area contributed by atoms with Gasteiger partial charge in [-0.25, -0.2) is 4.98 Å². The second kappa shape index (κ2) is 5.36. The molecule has 0 unspecified atom stereocenters. The minimum absolute atomic E-state index is 0.147. The van der Waals surface area contributed by atoms with E-state index in [1.54, 1.807) is 36.8 Å². The number of rotatable bonds is 3. The molecule has 1 N–H and O–H groups in total. The van der Waals surface area contributed by atoms with E-state index in [1.165, 1.54) is 4.90 Å². The lowest BCUT2D eigenvalue weighted by Gasteiger charge is -2.19. The van der Waals surface area contributed by atoms with Gasteiger partial charge in [-0.3, -0.25) is 14.8 Å². The Labute approximate surface area is 115 Å². The highest BCUT2D eigenvalue weighted by Gasteiger charge is 2.21. The van der Waals surface area contributed by atoms with E-state index in [0.717, 1.165) is 0 Å². The number of amides is 1. The van der Waals surface area contributed by atoms with Crippen LogP contribution in [0.25, 0.3) is 0 Å². The topological polar surface area (TPSA) is 61.9 Å². The minimum atomic E-state index is -0.147. The molecular weight excluding hydrogens is 252 g/mol. The van der Waals surface area contributed by atoms with Crippen molar-refractivity contribution in [3.05, 3.63) is 72.7 Å². The summed E-state index contributed by atoms with van der Waals surface area (Å²) in [6, 6.07) is 14.5. The van der Waals surface area contributed by atoms with Crippen LogP contribution in [0.15, 0.2) is 67.1 Å². The van der Waals surface area contributed by atoms with Gasteiger partial charge in [0.05, 0.1) is 11.9 Å². The van der Waals surface area contributed by atoms with Crippen LogP contribution >= 0.6 is 0 Å². The van der Waals surface area contributed by atoms with Gasteiger partial charge in [0.15, 0.2) is 0 Å². The van der Waals surface area contributed by atoms with Gasteiger partial charge in [0.25, 0.3) is 5.91 Å². The summed E-state index contributed by atoms with van der Waals surface area (Å²) in [6.07, 6.45) is 4.91. The largest absolute Gasteiger partial charge is 0.284 e. The minimum Gasteiger partial charge on any atom is -0.284 e. The molecule has 3 rings (SSSR count). The number of hydrogen-bond donors (Lipinski definition) is 1. The van der Waals surface area contributed by atoms with Crippen molar-refractivity contribution in [1.82, 2.24) is 15.2 Å². The third kappa shape index (κ3) is 2.29. The monoisotopic (exact) mass is 264 g/mol. The van der Waals surface area contributed by atoms with Crippen molar-refractivity contribution < 1.29 is 4.79 Å². The molecule has 98 valence electrons. The standard InChI is InChI=1S/C15H12N4O/c20-15(12-6-2-1-3-7-12)19(13-10-17-18-11-13)14-8-4-5-9-16-14/h1-11H,(H,17,18). The Kier molecular flexibility index (Phi) is 3.24. The van der Waals surface area contributed by atoms with Crippen molar-refractivity contribution in [2.24, 2.45) is 0 Å². The van der Waals surface area contributed by atoms with E-state index < -0.39 is 0 Å². The van der Waals surface area contributed by atoms with Crippen molar-refractivity contribution in [1.29, 1.82) is 0 Å². The smallest absolute Gasteiger partial charge is 0.264 e. The molecule has 0 spiro atoms. The molecule has 20 heavy (non-hydrogen) atoms. The van der Waals surface area contributed by atoms with Gasteiger partial charge in [0, 0.05) is 18.0 Å². The van der Waals surface area contributed by atoms with Gasteiger partial charge in [-0.15, -0.1) is 0 Å². The second-order valence-electron chi connectivity index (χ2n) is 4.15. The highest BCUT2D eigenvalue weighted by molar-refractivity contribution is 6.10. The lowest BCUT2D eigenvalue weighted by molar-refractivity contribution is 0.0998. The molecule has 1 aromatic carbocycles. The molecule has 2 heterocycles. The Hall–Kier alpha value is -2.95. The van der Waals surface area contributed by atoms with Gasteiger partial charge in [0.1, 0.15) is 5.82 Å². The van der Waals surface area contributed by atoms with Crippen molar-refractivity contribution >= 4 is 17.4 Å². The Balaban J connectivity index is 2.05. The maximum absolute atomic E-state index is 12.7. The van der Waals surface area contributed by atoms with E-state index >= 15 is 0 Å². The molecule has 0 aliphatic rings. The first kappa shape index (κ1) is 12.1. The molecule has 5 heteroatoms. The average Bonchev–Trinajstić information content (AvgIpc) is 3.03. The molecule has 0 fully saturated rings. The van der Waals surface area contributed by atoms with Crippen molar-refractivity contribution in [3.63, 3.8) is 0 Å². The number of benzene rings is 1. The van der Waals surface area contributed by atoms with E-state index in [9.17, 15) is 4.79 Å². The van der Waals surface area contributed by atoms with Gasteiger partial charge < -0.3 is 0 Å². The zero-order valence-corrected chi connectivity index (χ0v) is 10.6. The van der Waals surface area contributed by atoms with Crippen molar-refractivity contribution in [3.8, 4) is 0 Å². The van der Waals surface area contributed by atoms with E-state index in [-0.39, 0.29) is 5.91 Å². The molecule has 3 aromatic rings. The van der Waals surface area contributed by atoms with Crippen LogP contribution in [0, 0.1) is 0 Å². The van der Waals surface area contributed by atoms with Crippen molar-refractivity contribution in [2.75, 3.05) is 4.90 Å². The Morgan fingerprint density at radius 2 is 1.85 bits per heavy atom. The number of carbonyl (C=O) groups excluding carboxylic acids is 1. The first-order valence-corrected chi connectivity index (χ1v) is 6.15. The lowest BCUT2D eigenvalue weighted by Crippen LogP contribution is -2.26. The molecule has 0 aliphatic heterocycles. The summed E-state index contributed by atoms with van der Waals surface area (Å²) in [5.41, 5.74) is 1.25. The Bertz CT molecular complexity index is 680. The first-order chi connectivity index (χ1) is 9.86. The molecule has 0 atom stereocenters. The first-order valence-electron chi connectivity index (χ1n) is 6.15. The summed E-state index contributed by atoms with van der Waals surface area (Å²) < 4.78 is 0. The summed E-state index contributed by atoms with van der Waals surface area (Å²) in [4.78, 5) is 18.5. The number of nitrogens with zero attached hydrogens (tertiary/aromatic N) is 3. The number of anilines is 2. The number of hydrogen-bond acceptors (Lipinski definition) is 3. The number of H-pyrrole nitrogens is 1. The number of carbonyl (C=O) groups is 1. The summed E-state index contributed by atoms with van der Waals surface area (Å²) in [5, 5.41) is 6.61. The van der Waals surface area contributed by atoms with Gasteiger partial charge in [0.2, 0.25) is 0 Å². The maximum Gasteiger partial charge on any atom is 0.264 e. The molecule has 5 nitrogen and oxygen atoms in total. The van der Waals surface area contributed by atoms with Crippen LogP contribution in [0.2, 0.25) is 0 Å². The zero-order chi connectivity index (χ0) is 13.8. The summed E-state index contributed by atoms with van der Waals surface area (Å²) in [5.74, 6) is 0.411. The summed E-state index contributed by atoms with van der Waals surface area (Å²) in [7, 11) is 0. The molecule has 0 radical (unpaired) electrons. The zero-order valence-electron chi connectivity index (χ0n) is 10.6. The van der Waals surface area contributed by atoms with E-state index in [4.69, 9.17) is 0 Å². The molecule has 0 saturated heterocycles. The Morgan fingerprint density at radius 1 is 1.05 bits per heavy atom. The molecule has 1 amide bonds. The molecular formula is C15H12N4O. The van der Waals surface area contributed by atoms with Crippen LogP contribution in [-0.4, -0.2) is 21.1 Å². The maximum atomic E-state index is 12.7. The fourth-order valence-corrected chi connectivity index (χ4v) is 1.92. The summed E-state index contributed by atoms with van der Waals surface area (Å²) >= 11 is 0. The SMILES string of the molecule is O=C(c1ccccc1)N(c1cn[nH]c1)c1ccccn1. The third-order valence-electron chi connectivity index (χ3n) is 2.84. The fourth-order valence-electron chi connectivity index (χ4n) is 1.92. The summed E-state index contributed by atoms with van der Waals surface area (Å²) in [6.45, 7) is 0. The van der Waals surface area contributed by atoms with E-state index in [2.05, 4.69) is 15.2 Å². The van der Waals surface area contributed by atoms with Crippen molar-refractivity contribution in [2.45, 2.75) is 0 Å². The molecule has 0 aliphatic carbocycles. The predicted molar refractivity (Wildman–Crippen MR) is 75.7 cm³/mol. The Morgan fingerprint density at radius 3 is 2.50 bits per heavy atom. The highest BCUT2D eigenvalue weighted by atomic mass is 16.2. The fraction of sp³-hybridized carbons (Fsp3) is 0. The normalized spacial score (nSPS) is 10.2. The van der Waals surface area contributed by atoms with Crippen LogP contribution < -0.4 is 4.90 Å². The van der Waals surface area contributed by atoms with Gasteiger partial charge in [-0.1, -0.05) is 24.3 Å². The number of aromatic nitrogens is 3. The quantitative estimate of drug-likeness (QED) is 0.791. The average molecular weight is 264 g/mol. The van der Waals surface area contributed by atoms with Crippen LogP contribution in [0.5, 0.6) is 0 Å². The predicted octanol–water partition coefficient (Wildman–Crippen LogP) is 2.78. The van der Waals surface area contributed by atoms with Gasteiger partial charge in [-0.05, 0) is 24.3 Å². The highest BCUT2D eigenvalue weighted by Crippen LogP contribution is 2.24. The second-order valence-corrected chi connectivity index (χ2v) is 4.15. The van der Waals surface area contributed by atoms with Crippen LogP contribution in [0.4, 0.5) is 11.5 Å². The van der Waals surface area contributed by atoms with Gasteiger partial charge >= 0.3 is 0 Å². The number of pyridine rings is 1. The number of nitrogens with one attached hydrogen (secondary N) is 1. The third-order valence-corrected chi connectivity index (χ3v) is 2.84. The van der Waals surface area contributed by atoms with Gasteiger partial charge in [-0.2, -0.15) is 5.10 Å².